The molecular formula is C19H15N3O3. The van der Waals surface area contributed by atoms with Gasteiger partial charge in [0.1, 0.15) is 12.0 Å². The van der Waals surface area contributed by atoms with Crippen LogP contribution in [0, 0.1) is 6.92 Å². The van der Waals surface area contributed by atoms with E-state index in [2.05, 4.69) is 10.2 Å². The smallest absolute Gasteiger partial charge is 0.348 e. The number of pyridine rings is 1. The third kappa shape index (κ3) is 2.30. The third-order valence-corrected chi connectivity index (χ3v) is 4.36. The summed E-state index contributed by atoms with van der Waals surface area (Å²) in [5.41, 5.74) is 4.22. The molecule has 124 valence electrons. The molecule has 25 heavy (non-hydrogen) atoms. The molecule has 4 aromatic rings. The molecule has 2 aromatic carbocycles. The van der Waals surface area contributed by atoms with Gasteiger partial charge in [-0.3, -0.25) is 4.79 Å². The molecule has 0 radical (unpaired) electrons. The summed E-state index contributed by atoms with van der Waals surface area (Å²) in [6, 6.07) is 12.9. The number of carbonyl (C=O) groups excluding carboxylic acids is 1. The number of rotatable bonds is 3. The normalized spacial score (nSPS) is 11.1. The fraction of sp³-hybridized carbons (Fsp3) is 0.105. The summed E-state index contributed by atoms with van der Waals surface area (Å²) in [5.74, 6) is 0.676. The first-order valence-corrected chi connectivity index (χ1v) is 7.76. The van der Waals surface area contributed by atoms with Gasteiger partial charge in [0.25, 0.3) is 0 Å². The SMILES string of the molecule is COc1cc2c(C)cc3n[nH]c(=O)n3c2cc1-c1cccc(C=O)c1. The van der Waals surface area contributed by atoms with Crippen molar-refractivity contribution >= 4 is 22.8 Å². The molecule has 0 spiro atoms. The Morgan fingerprint density at radius 1 is 1.20 bits per heavy atom. The van der Waals surface area contributed by atoms with Gasteiger partial charge in [-0.15, -0.1) is 0 Å². The first kappa shape index (κ1) is 15.1. The highest BCUT2D eigenvalue weighted by Crippen LogP contribution is 2.35. The van der Waals surface area contributed by atoms with E-state index in [0.717, 1.165) is 33.9 Å². The van der Waals surface area contributed by atoms with Crippen molar-refractivity contribution in [3.05, 3.63) is 64.1 Å². The Labute approximate surface area is 142 Å². The molecule has 0 amide bonds. The predicted octanol–water partition coefficient (Wildman–Crippen LogP) is 2.97. The second-order valence-electron chi connectivity index (χ2n) is 5.86. The number of hydrogen-bond donors (Lipinski definition) is 1. The van der Waals surface area contributed by atoms with E-state index in [1.807, 2.05) is 37.3 Å². The van der Waals surface area contributed by atoms with Gasteiger partial charge < -0.3 is 4.74 Å². The van der Waals surface area contributed by atoms with Crippen molar-refractivity contribution in [3.8, 4) is 16.9 Å². The average Bonchev–Trinajstić information content (AvgIpc) is 3.01. The monoisotopic (exact) mass is 333 g/mol. The zero-order valence-electron chi connectivity index (χ0n) is 13.7. The van der Waals surface area contributed by atoms with Crippen LogP contribution in [0.5, 0.6) is 5.75 Å². The number of aromatic nitrogens is 3. The highest BCUT2D eigenvalue weighted by Gasteiger charge is 2.14. The lowest BCUT2D eigenvalue weighted by Gasteiger charge is -2.13. The minimum absolute atomic E-state index is 0.294. The fourth-order valence-electron chi connectivity index (χ4n) is 3.15. The van der Waals surface area contributed by atoms with Crippen LogP contribution in [0.15, 0.2) is 47.3 Å². The van der Waals surface area contributed by atoms with Crippen LogP contribution >= 0.6 is 0 Å². The lowest BCUT2D eigenvalue weighted by molar-refractivity contribution is 0.112. The molecule has 2 heterocycles. The van der Waals surface area contributed by atoms with Crippen LogP contribution in [0.25, 0.3) is 27.7 Å². The molecule has 0 fully saturated rings. The summed E-state index contributed by atoms with van der Waals surface area (Å²) in [6.07, 6.45) is 0.806. The van der Waals surface area contributed by atoms with Gasteiger partial charge in [0.2, 0.25) is 0 Å². The minimum Gasteiger partial charge on any atom is -0.496 e. The number of nitrogens with zero attached hydrogens (tertiary/aromatic N) is 2. The summed E-state index contributed by atoms with van der Waals surface area (Å²) in [6.45, 7) is 1.97. The van der Waals surface area contributed by atoms with E-state index >= 15 is 0 Å². The molecule has 4 rings (SSSR count). The Morgan fingerprint density at radius 3 is 2.80 bits per heavy atom. The topological polar surface area (TPSA) is 76.5 Å². The highest BCUT2D eigenvalue weighted by molar-refractivity contribution is 5.93. The molecule has 0 unspecified atom stereocenters. The molecule has 2 aromatic heterocycles. The lowest BCUT2D eigenvalue weighted by atomic mass is 9.99. The van der Waals surface area contributed by atoms with E-state index in [-0.39, 0.29) is 5.69 Å². The molecule has 0 aliphatic heterocycles. The maximum Gasteiger partial charge on any atom is 0.348 e. The number of methoxy groups -OCH3 is 1. The first-order chi connectivity index (χ1) is 12.1. The van der Waals surface area contributed by atoms with Crippen LogP contribution in [0.2, 0.25) is 0 Å². The van der Waals surface area contributed by atoms with Gasteiger partial charge in [0, 0.05) is 16.5 Å². The van der Waals surface area contributed by atoms with Gasteiger partial charge >= 0.3 is 5.69 Å². The van der Waals surface area contributed by atoms with Crippen molar-refractivity contribution in [2.45, 2.75) is 6.92 Å². The van der Waals surface area contributed by atoms with Gasteiger partial charge in [0.15, 0.2) is 5.65 Å². The largest absolute Gasteiger partial charge is 0.496 e. The van der Waals surface area contributed by atoms with E-state index < -0.39 is 0 Å². The maximum atomic E-state index is 12.2. The van der Waals surface area contributed by atoms with Crippen LogP contribution in [0.4, 0.5) is 0 Å². The van der Waals surface area contributed by atoms with Gasteiger partial charge in [0.05, 0.1) is 12.6 Å². The number of aromatic amines is 1. The van der Waals surface area contributed by atoms with Crippen molar-refractivity contribution in [1.82, 2.24) is 14.6 Å². The summed E-state index contributed by atoms with van der Waals surface area (Å²) in [4.78, 5) is 23.3. The van der Waals surface area contributed by atoms with Gasteiger partial charge in [-0.2, -0.15) is 5.10 Å². The van der Waals surface area contributed by atoms with Crippen LogP contribution < -0.4 is 10.4 Å². The molecule has 0 bridgehead atoms. The number of carbonyl (C=O) groups is 1. The van der Waals surface area contributed by atoms with Crippen molar-refractivity contribution in [2.24, 2.45) is 0 Å². The van der Waals surface area contributed by atoms with Gasteiger partial charge in [-0.25, -0.2) is 14.3 Å². The molecule has 6 heteroatoms. The van der Waals surface area contributed by atoms with Crippen LogP contribution in [-0.2, 0) is 0 Å². The zero-order chi connectivity index (χ0) is 17.6. The molecule has 0 atom stereocenters. The summed E-state index contributed by atoms with van der Waals surface area (Å²) < 4.78 is 7.10. The number of ether oxygens (including phenoxy) is 1. The lowest BCUT2D eigenvalue weighted by Crippen LogP contribution is -2.10. The fourth-order valence-corrected chi connectivity index (χ4v) is 3.15. The number of aldehydes is 1. The van der Waals surface area contributed by atoms with Crippen LogP contribution in [-0.4, -0.2) is 28.0 Å². The first-order valence-electron chi connectivity index (χ1n) is 7.76. The molecule has 0 aliphatic rings. The second-order valence-corrected chi connectivity index (χ2v) is 5.86. The van der Waals surface area contributed by atoms with Crippen LogP contribution in [0.1, 0.15) is 15.9 Å². The van der Waals surface area contributed by atoms with Gasteiger partial charge in [-0.05, 0) is 42.3 Å². The van der Waals surface area contributed by atoms with E-state index in [1.54, 1.807) is 19.2 Å². The maximum absolute atomic E-state index is 12.2. The number of nitrogens with one attached hydrogen (secondary N) is 1. The Hall–Kier alpha value is -3.41. The van der Waals surface area contributed by atoms with E-state index in [0.29, 0.717) is 17.0 Å². The molecule has 1 N–H and O–H groups in total. The van der Waals surface area contributed by atoms with Crippen molar-refractivity contribution < 1.29 is 9.53 Å². The Balaban J connectivity index is 2.13. The molecule has 0 saturated carbocycles. The van der Waals surface area contributed by atoms with Crippen LogP contribution in [0.3, 0.4) is 0 Å². The molecule has 6 nitrogen and oxygen atoms in total. The summed E-state index contributed by atoms with van der Waals surface area (Å²) >= 11 is 0. The number of fused-ring (bicyclic) bond motifs is 3. The number of aryl methyl sites for hydroxylation is 1. The number of H-pyrrole nitrogens is 1. The van der Waals surface area contributed by atoms with E-state index in [4.69, 9.17) is 4.74 Å². The third-order valence-electron chi connectivity index (χ3n) is 4.36. The van der Waals surface area contributed by atoms with Crippen molar-refractivity contribution in [2.75, 3.05) is 7.11 Å². The predicted molar refractivity (Wildman–Crippen MR) is 95.4 cm³/mol. The molecular weight excluding hydrogens is 318 g/mol. The Bertz CT molecular complexity index is 1190. The molecule has 0 aliphatic carbocycles. The standard InChI is InChI=1S/C19H15N3O3/c1-11-6-18-20-21-19(24)22(18)16-8-15(17(25-2)9-14(11)16)13-5-3-4-12(7-13)10-23/h3-10H,1-2H3,(H,21,24). The van der Waals surface area contributed by atoms with Crippen molar-refractivity contribution in [1.29, 1.82) is 0 Å². The Kier molecular flexibility index (Phi) is 3.39. The number of hydrogen-bond acceptors (Lipinski definition) is 4. The summed E-state index contributed by atoms with van der Waals surface area (Å²) in [5, 5.41) is 7.44. The van der Waals surface area contributed by atoms with Gasteiger partial charge in [-0.1, -0.05) is 18.2 Å². The second kappa shape index (κ2) is 5.59. The Morgan fingerprint density at radius 2 is 2.04 bits per heavy atom. The zero-order valence-corrected chi connectivity index (χ0v) is 13.7. The quantitative estimate of drug-likeness (QED) is 0.585. The van der Waals surface area contributed by atoms with Crippen molar-refractivity contribution in [3.63, 3.8) is 0 Å². The number of benzene rings is 2. The summed E-state index contributed by atoms with van der Waals surface area (Å²) in [7, 11) is 1.60. The molecule has 0 saturated heterocycles. The van der Waals surface area contributed by atoms with E-state index in [1.165, 1.54) is 4.40 Å². The van der Waals surface area contributed by atoms with E-state index in [9.17, 15) is 9.59 Å². The average molecular weight is 333 g/mol. The highest BCUT2D eigenvalue weighted by atomic mass is 16.5. The minimum atomic E-state index is -0.294.